The number of nitrogens with one attached hydrogen (secondary N) is 1. The second kappa shape index (κ2) is 5.68. The number of hydrogen-bond donors (Lipinski definition) is 2. The maximum atomic E-state index is 8.69. The third-order valence-corrected chi connectivity index (χ3v) is 2.55. The lowest BCUT2D eigenvalue weighted by molar-refractivity contribution is 1.48. The average Bonchev–Trinajstić information content (AvgIpc) is 2.21. The Morgan fingerprint density at radius 2 is 2.07 bits per heavy atom. The van der Waals surface area contributed by atoms with E-state index in [-0.39, 0.29) is 10.6 Å². The molecule has 0 aliphatic heterocycles. The molecular formula is C10H8IN3S. The molecule has 3 nitrogen and oxygen atoms in total. The first-order chi connectivity index (χ1) is 7.13. The molecule has 1 aromatic carbocycles. The Labute approximate surface area is 107 Å². The summed E-state index contributed by atoms with van der Waals surface area (Å²) >= 11 is 6.92. The average molecular weight is 329 g/mol. The van der Waals surface area contributed by atoms with Crippen LogP contribution < -0.4 is 11.1 Å². The minimum absolute atomic E-state index is 0.0931. The van der Waals surface area contributed by atoms with Gasteiger partial charge in [0.1, 0.15) is 16.6 Å². The fourth-order valence-corrected chi connectivity index (χ4v) is 1.32. The van der Waals surface area contributed by atoms with Crippen molar-refractivity contribution in [1.29, 1.82) is 5.26 Å². The lowest BCUT2D eigenvalue weighted by Crippen LogP contribution is -2.11. The van der Waals surface area contributed by atoms with Crippen LogP contribution in [-0.4, -0.2) is 4.99 Å². The molecule has 0 spiro atoms. The first kappa shape index (κ1) is 11.9. The number of benzene rings is 1. The van der Waals surface area contributed by atoms with E-state index in [1.165, 1.54) is 6.20 Å². The Bertz CT molecular complexity index is 431. The van der Waals surface area contributed by atoms with Crippen LogP contribution in [0.4, 0.5) is 5.69 Å². The lowest BCUT2D eigenvalue weighted by atomic mass is 10.3. The molecule has 0 heterocycles. The quantitative estimate of drug-likeness (QED) is 0.387. The molecule has 0 atom stereocenters. The summed E-state index contributed by atoms with van der Waals surface area (Å²) in [6, 6.07) is 9.66. The molecule has 1 aromatic rings. The van der Waals surface area contributed by atoms with Crippen molar-refractivity contribution in [3.63, 3.8) is 0 Å². The second-order valence-electron chi connectivity index (χ2n) is 2.69. The van der Waals surface area contributed by atoms with Gasteiger partial charge >= 0.3 is 0 Å². The van der Waals surface area contributed by atoms with Crippen LogP contribution in [0.2, 0.25) is 0 Å². The number of nitrogens with two attached hydrogens (primary N) is 1. The van der Waals surface area contributed by atoms with Gasteiger partial charge in [0, 0.05) is 15.5 Å². The molecule has 1 rings (SSSR count). The van der Waals surface area contributed by atoms with Crippen molar-refractivity contribution >= 4 is 45.5 Å². The molecule has 0 saturated carbocycles. The molecule has 0 fully saturated rings. The van der Waals surface area contributed by atoms with Crippen molar-refractivity contribution in [3.05, 3.63) is 39.6 Å². The van der Waals surface area contributed by atoms with Gasteiger partial charge in [-0.15, -0.1) is 0 Å². The van der Waals surface area contributed by atoms with Gasteiger partial charge < -0.3 is 11.1 Å². The van der Waals surface area contributed by atoms with Crippen LogP contribution in [-0.2, 0) is 0 Å². The first-order valence-electron chi connectivity index (χ1n) is 4.05. The minimum atomic E-state index is 0.0931. The Kier molecular flexibility index (Phi) is 4.52. The zero-order valence-corrected chi connectivity index (χ0v) is 10.7. The van der Waals surface area contributed by atoms with Gasteiger partial charge in [0.25, 0.3) is 0 Å². The van der Waals surface area contributed by atoms with Crippen molar-refractivity contribution < 1.29 is 0 Å². The van der Waals surface area contributed by atoms with Gasteiger partial charge in [-0.25, -0.2) is 0 Å². The predicted octanol–water partition coefficient (Wildman–Crippen LogP) is 2.40. The van der Waals surface area contributed by atoms with Crippen LogP contribution in [0, 0.1) is 14.9 Å². The molecule has 0 radical (unpaired) electrons. The largest absolute Gasteiger partial charge is 0.389 e. The van der Waals surface area contributed by atoms with Crippen molar-refractivity contribution in [2.24, 2.45) is 5.73 Å². The maximum absolute atomic E-state index is 8.69. The monoisotopic (exact) mass is 329 g/mol. The molecule has 0 unspecified atom stereocenters. The smallest absolute Gasteiger partial charge is 0.116 e. The zero-order valence-electron chi connectivity index (χ0n) is 7.70. The lowest BCUT2D eigenvalue weighted by Gasteiger charge is -2.01. The summed E-state index contributed by atoms with van der Waals surface area (Å²) in [7, 11) is 0. The van der Waals surface area contributed by atoms with E-state index in [4.69, 9.17) is 23.2 Å². The van der Waals surface area contributed by atoms with Gasteiger partial charge in [-0.05, 0) is 46.9 Å². The summed E-state index contributed by atoms with van der Waals surface area (Å²) in [4.78, 5) is 0.0931. The molecule has 0 aliphatic rings. The fraction of sp³-hybridized carbons (Fsp3) is 0. The SMILES string of the molecule is N#CC(=CNc1ccc(I)cc1)C(N)=S. The number of hydrogen-bond acceptors (Lipinski definition) is 3. The van der Waals surface area contributed by atoms with E-state index in [9.17, 15) is 0 Å². The van der Waals surface area contributed by atoms with Crippen molar-refractivity contribution in [2.45, 2.75) is 0 Å². The Morgan fingerprint density at radius 1 is 1.47 bits per heavy atom. The van der Waals surface area contributed by atoms with E-state index < -0.39 is 0 Å². The molecule has 5 heteroatoms. The minimum Gasteiger partial charge on any atom is -0.389 e. The predicted molar refractivity (Wildman–Crippen MR) is 73.3 cm³/mol. The van der Waals surface area contributed by atoms with Gasteiger partial charge in [0.15, 0.2) is 0 Å². The number of halogens is 1. The first-order valence-corrected chi connectivity index (χ1v) is 5.54. The van der Waals surface area contributed by atoms with Crippen molar-refractivity contribution in [2.75, 3.05) is 5.32 Å². The van der Waals surface area contributed by atoms with E-state index in [0.29, 0.717) is 0 Å². The number of rotatable bonds is 3. The molecule has 15 heavy (non-hydrogen) atoms. The van der Waals surface area contributed by atoms with E-state index in [2.05, 4.69) is 27.9 Å². The zero-order chi connectivity index (χ0) is 11.3. The standard InChI is InChI=1S/C10H8IN3S/c11-8-1-3-9(4-2-8)14-6-7(5-12)10(13)15/h1-4,6,14H,(H2,13,15). The van der Waals surface area contributed by atoms with Crippen LogP contribution in [0.5, 0.6) is 0 Å². The summed E-state index contributed by atoms with van der Waals surface area (Å²) in [5.41, 5.74) is 6.49. The van der Waals surface area contributed by atoms with E-state index in [0.717, 1.165) is 9.26 Å². The number of nitrogens with zero attached hydrogens (tertiary/aromatic N) is 1. The molecular weight excluding hydrogens is 321 g/mol. The van der Waals surface area contributed by atoms with Crippen LogP contribution in [0.1, 0.15) is 0 Å². The van der Waals surface area contributed by atoms with Crippen molar-refractivity contribution in [3.8, 4) is 6.07 Å². The Balaban J connectivity index is 2.76. The van der Waals surface area contributed by atoms with Crippen LogP contribution >= 0.6 is 34.8 Å². The van der Waals surface area contributed by atoms with E-state index >= 15 is 0 Å². The Morgan fingerprint density at radius 3 is 2.53 bits per heavy atom. The highest BCUT2D eigenvalue weighted by Crippen LogP contribution is 2.11. The van der Waals surface area contributed by atoms with E-state index in [1.807, 2.05) is 30.3 Å². The van der Waals surface area contributed by atoms with Gasteiger partial charge in [-0.3, -0.25) is 0 Å². The Hall–Kier alpha value is -1.13. The number of nitriles is 1. The summed E-state index contributed by atoms with van der Waals surface area (Å²) in [6.07, 6.45) is 1.50. The third-order valence-electron chi connectivity index (χ3n) is 1.61. The molecule has 0 saturated heterocycles. The van der Waals surface area contributed by atoms with Gasteiger partial charge in [0.05, 0.1) is 0 Å². The molecule has 3 N–H and O–H groups in total. The van der Waals surface area contributed by atoms with E-state index in [1.54, 1.807) is 0 Å². The fourth-order valence-electron chi connectivity index (χ4n) is 0.860. The second-order valence-corrected chi connectivity index (χ2v) is 4.37. The highest BCUT2D eigenvalue weighted by atomic mass is 127. The normalized spacial score (nSPS) is 10.5. The highest BCUT2D eigenvalue weighted by Gasteiger charge is 1.97. The van der Waals surface area contributed by atoms with Crippen molar-refractivity contribution in [1.82, 2.24) is 0 Å². The summed E-state index contributed by atoms with van der Waals surface area (Å²) in [5, 5.41) is 11.6. The van der Waals surface area contributed by atoms with Crippen LogP contribution in [0.25, 0.3) is 0 Å². The van der Waals surface area contributed by atoms with Crippen LogP contribution in [0.3, 0.4) is 0 Å². The maximum Gasteiger partial charge on any atom is 0.116 e. The van der Waals surface area contributed by atoms with Crippen LogP contribution in [0.15, 0.2) is 36.0 Å². The summed E-state index contributed by atoms with van der Waals surface area (Å²) in [6.45, 7) is 0. The highest BCUT2D eigenvalue weighted by molar-refractivity contribution is 14.1. The van der Waals surface area contributed by atoms with Gasteiger partial charge in [0.2, 0.25) is 0 Å². The van der Waals surface area contributed by atoms with Gasteiger partial charge in [-0.1, -0.05) is 12.2 Å². The molecule has 0 amide bonds. The third kappa shape index (κ3) is 3.85. The molecule has 0 aliphatic carbocycles. The topological polar surface area (TPSA) is 61.8 Å². The number of thiocarbonyl (C=S) groups is 1. The summed E-state index contributed by atoms with van der Waals surface area (Å²) in [5.74, 6) is 0. The summed E-state index contributed by atoms with van der Waals surface area (Å²) < 4.78 is 1.15. The van der Waals surface area contributed by atoms with Gasteiger partial charge in [-0.2, -0.15) is 5.26 Å². The molecule has 0 bridgehead atoms. The molecule has 76 valence electrons. The number of anilines is 1. The molecule has 0 aromatic heterocycles.